The zero-order valence-corrected chi connectivity index (χ0v) is 15.4. The van der Waals surface area contributed by atoms with Gasteiger partial charge in [-0.25, -0.2) is 8.42 Å². The van der Waals surface area contributed by atoms with Crippen molar-refractivity contribution >= 4 is 20.9 Å². The van der Waals surface area contributed by atoms with Gasteiger partial charge >= 0.3 is 0 Å². The minimum atomic E-state index is -3.71. The summed E-state index contributed by atoms with van der Waals surface area (Å²) in [4.78, 5) is 14.2. The predicted molar refractivity (Wildman–Crippen MR) is 101 cm³/mol. The Morgan fingerprint density at radius 2 is 1.89 bits per heavy atom. The van der Waals surface area contributed by atoms with Gasteiger partial charge in [-0.2, -0.15) is 4.31 Å². The molecule has 8 heteroatoms. The van der Waals surface area contributed by atoms with E-state index in [-0.39, 0.29) is 23.6 Å². The Morgan fingerprint density at radius 1 is 1.11 bits per heavy atom. The van der Waals surface area contributed by atoms with Crippen LogP contribution in [0.15, 0.2) is 64.3 Å². The maximum atomic E-state index is 12.9. The number of hydrogen-bond donors (Lipinski definition) is 1. The maximum Gasteiger partial charge on any atom is 0.248 e. The molecule has 1 aliphatic rings. The van der Waals surface area contributed by atoms with E-state index in [2.05, 4.69) is 4.98 Å². The predicted octanol–water partition coefficient (Wildman–Crippen LogP) is 1.99. The number of para-hydroxylation sites is 2. The van der Waals surface area contributed by atoms with E-state index < -0.39 is 16.1 Å². The van der Waals surface area contributed by atoms with Crippen LogP contribution < -0.4 is 15.0 Å². The van der Waals surface area contributed by atoms with Crippen LogP contribution in [0, 0.1) is 0 Å². The van der Waals surface area contributed by atoms with Crippen LogP contribution in [0.4, 0.5) is 0 Å². The molecule has 0 unspecified atom stereocenters. The fraction of sp³-hybridized carbons (Fsp3) is 0.211. The van der Waals surface area contributed by atoms with Crippen molar-refractivity contribution in [1.29, 1.82) is 0 Å². The summed E-state index contributed by atoms with van der Waals surface area (Å²) in [5.41, 5.74) is 0.356. The van der Waals surface area contributed by atoms with Crippen molar-refractivity contribution in [2.75, 3.05) is 20.2 Å². The average Bonchev–Trinajstić information content (AvgIpc) is 2.67. The first-order valence-electron chi connectivity index (χ1n) is 8.41. The summed E-state index contributed by atoms with van der Waals surface area (Å²) in [7, 11) is -2.20. The molecule has 0 fully saturated rings. The lowest BCUT2D eigenvalue weighted by Gasteiger charge is -2.29. The van der Waals surface area contributed by atoms with Gasteiger partial charge in [0.2, 0.25) is 15.6 Å². The van der Waals surface area contributed by atoms with Gasteiger partial charge in [0, 0.05) is 18.6 Å². The van der Waals surface area contributed by atoms with Gasteiger partial charge in [0.05, 0.1) is 11.4 Å². The van der Waals surface area contributed by atoms with E-state index >= 15 is 0 Å². The van der Waals surface area contributed by atoms with E-state index in [1.54, 1.807) is 24.3 Å². The van der Waals surface area contributed by atoms with Crippen molar-refractivity contribution in [3.8, 4) is 11.5 Å². The first-order valence-corrected chi connectivity index (χ1v) is 9.85. The van der Waals surface area contributed by atoms with Gasteiger partial charge in [-0.3, -0.25) is 4.79 Å². The van der Waals surface area contributed by atoms with E-state index in [0.29, 0.717) is 22.4 Å². The van der Waals surface area contributed by atoms with Gasteiger partial charge in [-0.05, 0) is 41.8 Å². The van der Waals surface area contributed by atoms with Crippen LogP contribution in [0.25, 0.3) is 10.9 Å². The molecule has 0 saturated heterocycles. The molecule has 7 nitrogen and oxygen atoms in total. The second kappa shape index (κ2) is 6.71. The number of nitrogens with one attached hydrogen (secondary N) is 1. The Morgan fingerprint density at radius 3 is 2.70 bits per heavy atom. The summed E-state index contributed by atoms with van der Waals surface area (Å²) in [5.74, 6) is 1.26. The molecule has 0 bridgehead atoms. The van der Waals surface area contributed by atoms with Crippen LogP contribution in [0.5, 0.6) is 11.5 Å². The Labute approximate surface area is 156 Å². The summed E-state index contributed by atoms with van der Waals surface area (Å²) in [5, 5.41) is 0.648. The summed E-state index contributed by atoms with van der Waals surface area (Å²) in [6.45, 7) is 0.427. The Kier molecular flexibility index (Phi) is 4.37. The second-order valence-electron chi connectivity index (χ2n) is 6.35. The number of ether oxygens (including phenoxy) is 2. The number of aromatic amines is 1. The molecule has 1 N–H and O–H groups in total. The van der Waals surface area contributed by atoms with E-state index in [0.717, 1.165) is 0 Å². The van der Waals surface area contributed by atoms with Gasteiger partial charge in [-0.15, -0.1) is 0 Å². The van der Waals surface area contributed by atoms with Crippen molar-refractivity contribution in [2.45, 2.75) is 11.0 Å². The van der Waals surface area contributed by atoms with Crippen LogP contribution in [0.1, 0.15) is 0 Å². The van der Waals surface area contributed by atoms with Crippen molar-refractivity contribution in [1.82, 2.24) is 9.29 Å². The highest BCUT2D eigenvalue weighted by Crippen LogP contribution is 2.31. The summed E-state index contributed by atoms with van der Waals surface area (Å²) in [6, 6.07) is 14.9. The quantitative estimate of drug-likeness (QED) is 0.741. The minimum absolute atomic E-state index is 0.153. The molecule has 0 aliphatic carbocycles. The van der Waals surface area contributed by atoms with E-state index in [1.807, 2.05) is 18.2 Å². The summed E-state index contributed by atoms with van der Waals surface area (Å²) in [6.07, 6.45) is -0.406. The number of nitrogens with zero attached hydrogens (tertiary/aromatic N) is 1. The molecule has 1 aliphatic heterocycles. The second-order valence-corrected chi connectivity index (χ2v) is 8.40. The average molecular weight is 386 g/mol. The zero-order valence-electron chi connectivity index (χ0n) is 14.6. The Hall–Kier alpha value is -2.84. The molecule has 27 heavy (non-hydrogen) atoms. The SMILES string of the molecule is CN(C[C@H]1COc2ccccc2O1)S(=O)(=O)c1ccc2[nH]c(=O)ccc2c1. The van der Waals surface area contributed by atoms with Gasteiger partial charge < -0.3 is 14.5 Å². The number of sulfonamides is 1. The maximum absolute atomic E-state index is 12.9. The molecule has 2 heterocycles. The molecule has 0 saturated carbocycles. The first kappa shape index (κ1) is 17.6. The van der Waals surface area contributed by atoms with Crippen molar-refractivity contribution in [3.05, 3.63) is 65.0 Å². The highest BCUT2D eigenvalue weighted by Gasteiger charge is 2.28. The lowest BCUT2D eigenvalue weighted by Crippen LogP contribution is -2.41. The van der Waals surface area contributed by atoms with Crippen LogP contribution in [-0.4, -0.2) is 44.0 Å². The smallest absolute Gasteiger partial charge is 0.248 e. The topological polar surface area (TPSA) is 88.7 Å². The lowest BCUT2D eigenvalue weighted by atomic mass is 10.2. The molecule has 1 atom stereocenters. The largest absolute Gasteiger partial charge is 0.486 e. The molecule has 0 radical (unpaired) electrons. The molecule has 4 rings (SSSR count). The molecule has 0 amide bonds. The lowest BCUT2D eigenvalue weighted by molar-refractivity contribution is 0.0798. The summed E-state index contributed by atoms with van der Waals surface area (Å²) >= 11 is 0. The van der Waals surface area contributed by atoms with Crippen LogP contribution >= 0.6 is 0 Å². The number of fused-ring (bicyclic) bond motifs is 2. The fourth-order valence-corrected chi connectivity index (χ4v) is 4.25. The van der Waals surface area contributed by atoms with E-state index in [1.165, 1.54) is 23.5 Å². The monoisotopic (exact) mass is 386 g/mol. The van der Waals surface area contributed by atoms with Gasteiger partial charge in [0.15, 0.2) is 11.5 Å². The highest BCUT2D eigenvalue weighted by atomic mass is 32.2. The van der Waals surface area contributed by atoms with Crippen LogP contribution in [0.2, 0.25) is 0 Å². The van der Waals surface area contributed by atoms with E-state index in [4.69, 9.17) is 9.47 Å². The standard InChI is InChI=1S/C19H18N2O5S/c1-21(11-14-12-25-17-4-2-3-5-18(17)26-14)27(23,24)15-7-8-16-13(10-15)6-9-19(22)20-16/h2-10,14H,11-12H2,1H3,(H,20,22)/t14-/m0/s1. The number of likely N-dealkylation sites (N-methyl/N-ethyl adjacent to an activating group) is 1. The molecule has 3 aromatic rings. The molecule has 2 aromatic carbocycles. The third kappa shape index (κ3) is 3.41. The number of hydrogen-bond acceptors (Lipinski definition) is 5. The van der Waals surface area contributed by atoms with Gasteiger partial charge in [0.1, 0.15) is 12.7 Å². The van der Waals surface area contributed by atoms with E-state index in [9.17, 15) is 13.2 Å². The van der Waals surface area contributed by atoms with Crippen LogP contribution in [0.3, 0.4) is 0 Å². The number of benzene rings is 2. The molecule has 140 valence electrons. The number of H-pyrrole nitrogens is 1. The zero-order chi connectivity index (χ0) is 19.0. The normalized spacial score (nSPS) is 16.6. The third-order valence-corrected chi connectivity index (χ3v) is 6.25. The fourth-order valence-electron chi connectivity index (χ4n) is 3.01. The Bertz CT molecular complexity index is 1160. The number of pyridine rings is 1. The molecular formula is C19H18N2O5S. The van der Waals surface area contributed by atoms with Crippen LogP contribution in [-0.2, 0) is 10.0 Å². The molecular weight excluding hydrogens is 368 g/mol. The van der Waals surface area contributed by atoms with Crippen molar-refractivity contribution in [3.63, 3.8) is 0 Å². The first-order chi connectivity index (χ1) is 12.9. The minimum Gasteiger partial charge on any atom is -0.486 e. The number of rotatable bonds is 4. The molecule has 1 aromatic heterocycles. The van der Waals surface area contributed by atoms with Crippen molar-refractivity contribution < 1.29 is 17.9 Å². The molecule has 0 spiro atoms. The van der Waals surface area contributed by atoms with Crippen molar-refractivity contribution in [2.24, 2.45) is 0 Å². The van der Waals surface area contributed by atoms with Gasteiger partial charge in [0.25, 0.3) is 0 Å². The third-order valence-electron chi connectivity index (χ3n) is 4.43. The number of aromatic nitrogens is 1. The highest BCUT2D eigenvalue weighted by molar-refractivity contribution is 7.89. The Balaban J connectivity index is 1.55. The summed E-state index contributed by atoms with van der Waals surface area (Å²) < 4.78 is 38.6. The van der Waals surface area contributed by atoms with Gasteiger partial charge in [-0.1, -0.05) is 12.1 Å².